The first-order valence-electron chi connectivity index (χ1n) is 8.82. The molecule has 1 aliphatic carbocycles. The van der Waals surface area contributed by atoms with Crippen LogP contribution < -0.4 is 0 Å². The SMILES string of the molecule is C=Cc1ccc(CON=Cc2ccc(C3CCCCC3)cc2)cc1. The van der Waals surface area contributed by atoms with Gasteiger partial charge >= 0.3 is 0 Å². The molecule has 0 atom stereocenters. The normalized spacial score (nSPS) is 15.5. The highest BCUT2D eigenvalue weighted by atomic mass is 16.6. The maximum absolute atomic E-state index is 5.39. The highest BCUT2D eigenvalue weighted by Gasteiger charge is 2.14. The van der Waals surface area contributed by atoms with E-state index in [0.717, 1.165) is 22.6 Å². The van der Waals surface area contributed by atoms with Crippen LogP contribution in [0.1, 0.15) is 60.3 Å². The van der Waals surface area contributed by atoms with Gasteiger partial charge in [0.25, 0.3) is 0 Å². The van der Waals surface area contributed by atoms with Crippen LogP contribution in [0.3, 0.4) is 0 Å². The standard InChI is InChI=1S/C22H25NO/c1-2-18-8-10-20(11-9-18)17-24-23-16-19-12-14-22(15-13-19)21-6-4-3-5-7-21/h2,8-16,21H,1,3-7,17H2. The van der Waals surface area contributed by atoms with Gasteiger partial charge < -0.3 is 4.84 Å². The van der Waals surface area contributed by atoms with E-state index in [1.54, 1.807) is 6.21 Å². The Morgan fingerprint density at radius 2 is 1.58 bits per heavy atom. The van der Waals surface area contributed by atoms with E-state index in [1.807, 2.05) is 30.3 Å². The highest BCUT2D eigenvalue weighted by Crippen LogP contribution is 2.32. The van der Waals surface area contributed by atoms with Crippen LogP contribution in [-0.2, 0) is 11.4 Å². The average molecular weight is 319 g/mol. The van der Waals surface area contributed by atoms with Crippen LogP contribution in [0.15, 0.2) is 60.3 Å². The molecule has 0 amide bonds. The third-order valence-electron chi connectivity index (χ3n) is 4.74. The van der Waals surface area contributed by atoms with Gasteiger partial charge in [-0.25, -0.2) is 0 Å². The number of oxime groups is 1. The Hall–Kier alpha value is -2.35. The zero-order valence-corrected chi connectivity index (χ0v) is 14.2. The summed E-state index contributed by atoms with van der Waals surface area (Å²) in [6.07, 6.45) is 10.4. The topological polar surface area (TPSA) is 21.6 Å². The molecule has 0 saturated heterocycles. The molecular weight excluding hydrogens is 294 g/mol. The summed E-state index contributed by atoms with van der Waals surface area (Å²) in [5, 5.41) is 4.08. The molecule has 0 bridgehead atoms. The zero-order valence-electron chi connectivity index (χ0n) is 14.2. The van der Waals surface area contributed by atoms with Gasteiger partial charge in [0.1, 0.15) is 6.61 Å². The number of rotatable bonds is 6. The van der Waals surface area contributed by atoms with Crippen LogP contribution in [0.2, 0.25) is 0 Å². The van der Waals surface area contributed by atoms with Gasteiger partial charge in [-0.1, -0.05) is 85.6 Å². The fourth-order valence-corrected chi connectivity index (χ4v) is 3.25. The molecule has 124 valence electrons. The lowest BCUT2D eigenvalue weighted by Gasteiger charge is -2.21. The smallest absolute Gasteiger partial charge is 0.142 e. The molecule has 2 aromatic carbocycles. The molecule has 1 saturated carbocycles. The maximum atomic E-state index is 5.39. The minimum absolute atomic E-state index is 0.480. The fraction of sp³-hybridized carbons (Fsp3) is 0.318. The van der Waals surface area contributed by atoms with Crippen LogP contribution in [0.4, 0.5) is 0 Å². The lowest BCUT2D eigenvalue weighted by molar-refractivity contribution is 0.132. The van der Waals surface area contributed by atoms with E-state index < -0.39 is 0 Å². The molecule has 1 aliphatic rings. The Morgan fingerprint density at radius 1 is 0.917 bits per heavy atom. The average Bonchev–Trinajstić information content (AvgIpc) is 2.67. The molecule has 0 radical (unpaired) electrons. The lowest BCUT2D eigenvalue weighted by Crippen LogP contribution is -2.04. The zero-order chi connectivity index (χ0) is 16.6. The van der Waals surface area contributed by atoms with Crippen molar-refractivity contribution in [3.05, 3.63) is 77.4 Å². The van der Waals surface area contributed by atoms with Crippen molar-refractivity contribution in [2.75, 3.05) is 0 Å². The molecule has 3 rings (SSSR count). The molecule has 0 aromatic heterocycles. The van der Waals surface area contributed by atoms with Gasteiger partial charge in [0.15, 0.2) is 0 Å². The Bertz CT molecular complexity index is 664. The summed E-state index contributed by atoms with van der Waals surface area (Å²) in [6, 6.07) is 16.9. The van der Waals surface area contributed by atoms with Crippen molar-refractivity contribution in [3.8, 4) is 0 Å². The summed E-state index contributed by atoms with van der Waals surface area (Å²) in [5.41, 5.74) is 4.76. The molecule has 2 heteroatoms. The van der Waals surface area contributed by atoms with E-state index >= 15 is 0 Å². The number of nitrogens with zero attached hydrogens (tertiary/aromatic N) is 1. The lowest BCUT2D eigenvalue weighted by atomic mass is 9.84. The number of hydrogen-bond acceptors (Lipinski definition) is 2. The largest absolute Gasteiger partial charge is 0.391 e. The van der Waals surface area contributed by atoms with Crippen LogP contribution in [0.5, 0.6) is 0 Å². The fourth-order valence-electron chi connectivity index (χ4n) is 3.25. The van der Waals surface area contributed by atoms with Crippen LogP contribution in [0, 0.1) is 0 Å². The Labute approximate surface area is 144 Å². The van der Waals surface area contributed by atoms with Crippen molar-refractivity contribution >= 4 is 12.3 Å². The Kier molecular flexibility index (Phi) is 5.84. The van der Waals surface area contributed by atoms with Crippen molar-refractivity contribution in [1.29, 1.82) is 0 Å². The second kappa shape index (κ2) is 8.49. The highest BCUT2D eigenvalue weighted by molar-refractivity contribution is 5.79. The van der Waals surface area contributed by atoms with Crippen molar-refractivity contribution in [3.63, 3.8) is 0 Å². The first-order chi connectivity index (χ1) is 11.8. The number of hydrogen-bond donors (Lipinski definition) is 0. The van der Waals surface area contributed by atoms with E-state index in [4.69, 9.17) is 4.84 Å². The van der Waals surface area contributed by atoms with Gasteiger partial charge in [-0.2, -0.15) is 0 Å². The van der Waals surface area contributed by atoms with Crippen LogP contribution >= 0.6 is 0 Å². The third-order valence-corrected chi connectivity index (χ3v) is 4.74. The second-order valence-corrected chi connectivity index (χ2v) is 6.46. The molecule has 0 spiro atoms. The van der Waals surface area contributed by atoms with E-state index in [2.05, 4.69) is 36.0 Å². The van der Waals surface area contributed by atoms with Gasteiger partial charge in [0, 0.05) is 0 Å². The predicted octanol–water partition coefficient (Wildman–Crippen LogP) is 5.93. The predicted molar refractivity (Wildman–Crippen MR) is 101 cm³/mol. The quantitative estimate of drug-likeness (QED) is 0.478. The molecule has 1 fully saturated rings. The summed E-state index contributed by atoms with van der Waals surface area (Å²) in [5.74, 6) is 0.750. The molecule has 0 N–H and O–H groups in total. The summed E-state index contributed by atoms with van der Waals surface area (Å²) < 4.78 is 0. The molecule has 0 unspecified atom stereocenters. The van der Waals surface area contributed by atoms with Gasteiger partial charge in [-0.15, -0.1) is 0 Å². The van der Waals surface area contributed by atoms with Crippen molar-refractivity contribution < 1.29 is 4.84 Å². The summed E-state index contributed by atoms with van der Waals surface area (Å²) in [7, 11) is 0. The third kappa shape index (κ3) is 4.58. The summed E-state index contributed by atoms with van der Waals surface area (Å²) in [6.45, 7) is 4.23. The molecule has 0 aliphatic heterocycles. The van der Waals surface area contributed by atoms with E-state index in [1.165, 1.54) is 37.7 Å². The summed E-state index contributed by atoms with van der Waals surface area (Å²) in [4.78, 5) is 5.39. The van der Waals surface area contributed by atoms with Gasteiger partial charge in [-0.05, 0) is 41.0 Å². The van der Waals surface area contributed by atoms with Gasteiger partial charge in [0.05, 0.1) is 6.21 Å². The first-order valence-corrected chi connectivity index (χ1v) is 8.82. The molecule has 24 heavy (non-hydrogen) atoms. The van der Waals surface area contributed by atoms with Crippen LogP contribution in [0.25, 0.3) is 6.08 Å². The monoisotopic (exact) mass is 319 g/mol. The van der Waals surface area contributed by atoms with Crippen molar-refractivity contribution in [1.82, 2.24) is 0 Å². The van der Waals surface area contributed by atoms with Gasteiger partial charge in [0.2, 0.25) is 0 Å². The van der Waals surface area contributed by atoms with E-state index in [9.17, 15) is 0 Å². The minimum atomic E-state index is 0.480. The molecular formula is C22H25NO. The Balaban J connectivity index is 1.49. The number of benzene rings is 2. The van der Waals surface area contributed by atoms with Crippen molar-refractivity contribution in [2.45, 2.75) is 44.6 Å². The summed E-state index contributed by atoms with van der Waals surface area (Å²) >= 11 is 0. The van der Waals surface area contributed by atoms with Crippen molar-refractivity contribution in [2.24, 2.45) is 5.16 Å². The van der Waals surface area contributed by atoms with Crippen LogP contribution in [-0.4, -0.2) is 6.21 Å². The molecule has 0 heterocycles. The van der Waals surface area contributed by atoms with Gasteiger partial charge in [-0.3, -0.25) is 0 Å². The van der Waals surface area contributed by atoms with E-state index in [0.29, 0.717) is 6.61 Å². The Morgan fingerprint density at radius 3 is 2.25 bits per heavy atom. The van der Waals surface area contributed by atoms with E-state index in [-0.39, 0.29) is 0 Å². The minimum Gasteiger partial charge on any atom is -0.391 e. The molecule has 2 nitrogen and oxygen atoms in total. The maximum Gasteiger partial charge on any atom is 0.142 e. The second-order valence-electron chi connectivity index (χ2n) is 6.46. The molecule has 2 aromatic rings. The first kappa shape index (κ1) is 16.5.